The Bertz CT molecular complexity index is 1030. The van der Waals surface area contributed by atoms with Gasteiger partial charge in [0, 0.05) is 18.3 Å². The van der Waals surface area contributed by atoms with Crippen molar-refractivity contribution < 1.29 is 22.7 Å². The van der Waals surface area contributed by atoms with Gasteiger partial charge in [-0.05, 0) is 42.3 Å². The molecule has 7 nitrogen and oxygen atoms in total. The zero-order valence-corrected chi connectivity index (χ0v) is 18.0. The number of piperazine rings is 1. The van der Waals surface area contributed by atoms with Crippen molar-refractivity contribution in [2.24, 2.45) is 0 Å². The zero-order valence-electron chi connectivity index (χ0n) is 17.2. The molecule has 4 rings (SSSR count). The maximum Gasteiger partial charge on any atom is 0.241 e. The molecule has 0 aliphatic carbocycles. The summed E-state index contributed by atoms with van der Waals surface area (Å²) in [7, 11) is 0.0175. The van der Waals surface area contributed by atoms with Gasteiger partial charge < -0.3 is 14.4 Å². The van der Waals surface area contributed by atoms with E-state index in [1.807, 2.05) is 53.4 Å². The van der Waals surface area contributed by atoms with E-state index in [4.69, 9.17) is 9.47 Å². The monoisotopic (exact) mass is 430 g/mol. The lowest BCUT2D eigenvalue weighted by atomic mass is 10.0. The second-order valence-electron chi connectivity index (χ2n) is 7.71. The SMILES string of the molecule is COc1ccc(OC)c(CCN2CC(=O)N(c3ccccc3)[C@H]3CS(=O)(=O)C[C@@H]32)c1. The van der Waals surface area contributed by atoms with Crippen molar-refractivity contribution in [3.63, 3.8) is 0 Å². The molecule has 160 valence electrons. The summed E-state index contributed by atoms with van der Waals surface area (Å²) in [6.45, 7) is 0.756. The fourth-order valence-electron chi connectivity index (χ4n) is 4.47. The van der Waals surface area contributed by atoms with E-state index in [1.165, 1.54) is 0 Å². The van der Waals surface area contributed by atoms with Crippen LogP contribution in [0.15, 0.2) is 48.5 Å². The average molecular weight is 431 g/mol. The van der Waals surface area contributed by atoms with Crippen molar-refractivity contribution in [1.82, 2.24) is 4.90 Å². The van der Waals surface area contributed by atoms with Crippen LogP contribution in [0.4, 0.5) is 5.69 Å². The molecule has 0 unspecified atom stereocenters. The third kappa shape index (κ3) is 4.02. The highest BCUT2D eigenvalue weighted by atomic mass is 32.2. The van der Waals surface area contributed by atoms with Gasteiger partial charge in [-0.3, -0.25) is 9.69 Å². The summed E-state index contributed by atoms with van der Waals surface area (Å²) in [4.78, 5) is 16.7. The quantitative estimate of drug-likeness (QED) is 0.695. The topological polar surface area (TPSA) is 76.2 Å². The van der Waals surface area contributed by atoms with Crippen LogP contribution < -0.4 is 14.4 Å². The van der Waals surface area contributed by atoms with Crippen molar-refractivity contribution in [2.75, 3.05) is 43.7 Å². The minimum Gasteiger partial charge on any atom is -0.497 e. The molecule has 0 aromatic heterocycles. The van der Waals surface area contributed by atoms with Crippen LogP contribution in [0, 0.1) is 0 Å². The first-order chi connectivity index (χ1) is 14.4. The molecule has 2 aromatic rings. The highest BCUT2D eigenvalue weighted by molar-refractivity contribution is 7.91. The van der Waals surface area contributed by atoms with Gasteiger partial charge in [0.1, 0.15) is 11.5 Å². The molecule has 0 radical (unpaired) electrons. The van der Waals surface area contributed by atoms with Crippen LogP contribution >= 0.6 is 0 Å². The van der Waals surface area contributed by atoms with E-state index in [0.717, 1.165) is 22.7 Å². The Labute approximate surface area is 177 Å². The molecule has 1 amide bonds. The van der Waals surface area contributed by atoms with Crippen LogP contribution in [-0.4, -0.2) is 70.1 Å². The molecule has 0 bridgehead atoms. The normalized spacial score (nSPS) is 23.3. The predicted molar refractivity (Wildman–Crippen MR) is 115 cm³/mol. The summed E-state index contributed by atoms with van der Waals surface area (Å²) in [5.74, 6) is 1.48. The molecule has 2 heterocycles. The van der Waals surface area contributed by atoms with Crippen molar-refractivity contribution in [3.05, 3.63) is 54.1 Å². The van der Waals surface area contributed by atoms with Gasteiger partial charge in [0.15, 0.2) is 9.84 Å². The largest absolute Gasteiger partial charge is 0.497 e. The standard InChI is InChI=1S/C22H26N2O5S/c1-28-18-8-9-21(29-2)16(12-18)10-11-23-13-22(25)24(17-6-4-3-5-7-17)20-15-30(26,27)14-19(20)23/h3-9,12,19-20H,10-11,13-15H2,1-2H3/t19-,20-/m0/s1. The van der Waals surface area contributed by atoms with Crippen LogP contribution in [0.5, 0.6) is 11.5 Å². The van der Waals surface area contributed by atoms with Crippen molar-refractivity contribution >= 4 is 21.4 Å². The molecule has 0 spiro atoms. The number of hydrogen-bond donors (Lipinski definition) is 0. The fraction of sp³-hybridized carbons (Fsp3) is 0.409. The molecule has 0 N–H and O–H groups in total. The number of nitrogens with zero attached hydrogens (tertiary/aromatic N) is 2. The Morgan fingerprint density at radius 2 is 1.73 bits per heavy atom. The lowest BCUT2D eigenvalue weighted by Crippen LogP contribution is -2.62. The number of rotatable bonds is 6. The molecule has 2 aliphatic heterocycles. The highest BCUT2D eigenvalue weighted by Gasteiger charge is 2.49. The Morgan fingerprint density at radius 3 is 2.43 bits per heavy atom. The van der Waals surface area contributed by atoms with Crippen LogP contribution in [0.1, 0.15) is 5.56 Å². The summed E-state index contributed by atoms with van der Waals surface area (Å²) in [6.07, 6.45) is 0.627. The van der Waals surface area contributed by atoms with E-state index in [9.17, 15) is 13.2 Å². The molecule has 2 aliphatic rings. The second-order valence-corrected chi connectivity index (χ2v) is 9.86. The van der Waals surface area contributed by atoms with Crippen LogP contribution in [0.25, 0.3) is 0 Å². The number of para-hydroxylation sites is 1. The Morgan fingerprint density at radius 1 is 1.00 bits per heavy atom. The molecular formula is C22H26N2O5S. The lowest BCUT2D eigenvalue weighted by molar-refractivity contribution is -0.123. The van der Waals surface area contributed by atoms with Gasteiger partial charge in [-0.1, -0.05) is 18.2 Å². The number of fused-ring (bicyclic) bond motifs is 1. The maximum atomic E-state index is 13.0. The van der Waals surface area contributed by atoms with Gasteiger partial charge in [0.25, 0.3) is 0 Å². The molecule has 30 heavy (non-hydrogen) atoms. The first-order valence-electron chi connectivity index (χ1n) is 9.94. The van der Waals surface area contributed by atoms with E-state index in [-0.39, 0.29) is 36.0 Å². The number of carbonyl (C=O) groups is 1. The first kappa shape index (κ1) is 20.7. The van der Waals surface area contributed by atoms with Gasteiger partial charge >= 0.3 is 0 Å². The van der Waals surface area contributed by atoms with Gasteiger partial charge in [0.05, 0.1) is 38.3 Å². The molecule has 8 heteroatoms. The smallest absolute Gasteiger partial charge is 0.241 e. The average Bonchev–Trinajstić information content (AvgIpc) is 3.07. The summed E-state index contributed by atoms with van der Waals surface area (Å²) < 4.78 is 35.7. The van der Waals surface area contributed by atoms with Crippen LogP contribution in [0.3, 0.4) is 0 Å². The summed E-state index contributed by atoms with van der Waals surface area (Å²) in [6, 6.07) is 14.4. The number of carbonyl (C=O) groups excluding carboxylic acids is 1. The van der Waals surface area contributed by atoms with Gasteiger partial charge in [-0.25, -0.2) is 8.42 Å². The highest BCUT2D eigenvalue weighted by Crippen LogP contribution is 2.32. The number of ether oxygens (including phenoxy) is 2. The van der Waals surface area contributed by atoms with E-state index in [2.05, 4.69) is 0 Å². The molecule has 2 atom stereocenters. The molecular weight excluding hydrogens is 404 g/mol. The lowest BCUT2D eigenvalue weighted by Gasteiger charge is -2.43. The Kier molecular flexibility index (Phi) is 5.71. The van der Waals surface area contributed by atoms with Crippen LogP contribution in [0.2, 0.25) is 0 Å². The molecule has 0 saturated carbocycles. The predicted octanol–water partition coefficient (Wildman–Crippen LogP) is 1.76. The van der Waals surface area contributed by atoms with Crippen molar-refractivity contribution in [3.8, 4) is 11.5 Å². The summed E-state index contributed by atoms with van der Waals surface area (Å²) >= 11 is 0. The second kappa shape index (κ2) is 8.28. The molecule has 2 fully saturated rings. The third-order valence-electron chi connectivity index (χ3n) is 5.89. The van der Waals surface area contributed by atoms with Gasteiger partial charge in [-0.2, -0.15) is 0 Å². The van der Waals surface area contributed by atoms with Crippen molar-refractivity contribution in [2.45, 2.75) is 18.5 Å². The first-order valence-corrected chi connectivity index (χ1v) is 11.8. The number of methoxy groups -OCH3 is 2. The number of anilines is 1. The van der Waals surface area contributed by atoms with Gasteiger partial charge in [-0.15, -0.1) is 0 Å². The molecule has 2 aromatic carbocycles. The fourth-order valence-corrected chi connectivity index (χ4v) is 6.45. The Balaban J connectivity index is 1.58. The van der Waals surface area contributed by atoms with E-state index in [0.29, 0.717) is 13.0 Å². The zero-order chi connectivity index (χ0) is 21.3. The maximum absolute atomic E-state index is 13.0. The summed E-state index contributed by atoms with van der Waals surface area (Å²) in [5.41, 5.74) is 1.72. The minimum absolute atomic E-state index is 0.00270. The number of benzene rings is 2. The Hall–Kier alpha value is -2.58. The minimum atomic E-state index is -3.21. The van der Waals surface area contributed by atoms with Gasteiger partial charge in [0.2, 0.25) is 5.91 Å². The number of amides is 1. The molecule has 2 saturated heterocycles. The van der Waals surface area contributed by atoms with Crippen molar-refractivity contribution in [1.29, 1.82) is 0 Å². The number of sulfone groups is 1. The van der Waals surface area contributed by atoms with Crippen LogP contribution in [-0.2, 0) is 21.1 Å². The number of hydrogen-bond acceptors (Lipinski definition) is 6. The van der Waals surface area contributed by atoms with E-state index in [1.54, 1.807) is 19.1 Å². The third-order valence-corrected chi connectivity index (χ3v) is 7.59. The van der Waals surface area contributed by atoms with E-state index >= 15 is 0 Å². The summed E-state index contributed by atoms with van der Waals surface area (Å²) in [5, 5.41) is 0. The van der Waals surface area contributed by atoms with E-state index < -0.39 is 9.84 Å².